The van der Waals surface area contributed by atoms with Gasteiger partial charge in [0.2, 0.25) is 0 Å². The van der Waals surface area contributed by atoms with Crippen LogP contribution in [0, 0.1) is 12.7 Å². The van der Waals surface area contributed by atoms with Crippen molar-refractivity contribution in [3.8, 4) is 0 Å². The highest BCUT2D eigenvalue weighted by atomic mass is 19.1. The summed E-state index contributed by atoms with van der Waals surface area (Å²) < 4.78 is 13.3. The fraction of sp³-hybridized carbons (Fsp3) is 0.529. The van der Waals surface area contributed by atoms with Crippen molar-refractivity contribution in [3.05, 3.63) is 47.3 Å². The van der Waals surface area contributed by atoms with Gasteiger partial charge in [-0.3, -0.25) is 0 Å². The largest absolute Gasteiger partial charge is 0.392 e. The van der Waals surface area contributed by atoms with Crippen molar-refractivity contribution >= 4 is 0 Å². The lowest BCUT2D eigenvalue weighted by Crippen LogP contribution is -2.44. The van der Waals surface area contributed by atoms with Gasteiger partial charge in [-0.05, 0) is 37.5 Å². The van der Waals surface area contributed by atoms with Crippen molar-refractivity contribution in [1.82, 2.24) is 10.2 Å². The minimum atomic E-state index is -0.0854. The molecule has 1 saturated heterocycles. The molecule has 3 nitrogen and oxygen atoms in total. The third kappa shape index (κ3) is 7.37. The first kappa shape index (κ1) is 17.8. The summed E-state index contributed by atoms with van der Waals surface area (Å²) in [6, 6.07) is 5.56. The third-order valence-electron chi connectivity index (χ3n) is 3.50. The molecule has 2 N–H and O–H groups in total. The van der Waals surface area contributed by atoms with Gasteiger partial charge in [0, 0.05) is 32.7 Å². The van der Waals surface area contributed by atoms with Crippen LogP contribution in [0.2, 0.25) is 0 Å². The summed E-state index contributed by atoms with van der Waals surface area (Å²) >= 11 is 0. The number of hydrogen-bond acceptors (Lipinski definition) is 3. The van der Waals surface area contributed by atoms with E-state index < -0.39 is 0 Å². The maximum absolute atomic E-state index is 13.3. The Morgan fingerprint density at radius 1 is 1.33 bits per heavy atom. The fourth-order valence-corrected chi connectivity index (χ4v) is 2.12. The van der Waals surface area contributed by atoms with E-state index >= 15 is 0 Å². The number of rotatable bonds is 4. The molecule has 0 unspecified atom stereocenters. The van der Waals surface area contributed by atoms with E-state index in [9.17, 15) is 4.39 Å². The van der Waals surface area contributed by atoms with Crippen LogP contribution in [0.3, 0.4) is 0 Å². The van der Waals surface area contributed by atoms with Gasteiger partial charge in [-0.2, -0.15) is 0 Å². The molecule has 0 saturated carbocycles. The highest BCUT2D eigenvalue weighted by Crippen LogP contribution is 2.10. The Morgan fingerprint density at radius 2 is 2.05 bits per heavy atom. The molecule has 0 radical (unpaired) electrons. The maximum Gasteiger partial charge on any atom is 0.126 e. The summed E-state index contributed by atoms with van der Waals surface area (Å²) in [6.45, 7) is 9.22. The van der Waals surface area contributed by atoms with E-state index in [0.29, 0.717) is 0 Å². The summed E-state index contributed by atoms with van der Waals surface area (Å²) in [6.07, 6.45) is 4.43. The molecule has 0 atom stereocenters. The van der Waals surface area contributed by atoms with Crippen LogP contribution in [-0.4, -0.2) is 49.3 Å². The first-order valence-corrected chi connectivity index (χ1v) is 7.57. The predicted molar refractivity (Wildman–Crippen MR) is 86.1 cm³/mol. The smallest absolute Gasteiger partial charge is 0.126 e. The number of halogens is 1. The molecule has 4 heteroatoms. The van der Waals surface area contributed by atoms with Crippen molar-refractivity contribution in [2.45, 2.75) is 20.3 Å². The number of nitrogens with one attached hydrogen (secondary N) is 1. The van der Waals surface area contributed by atoms with E-state index in [0.717, 1.165) is 50.3 Å². The van der Waals surface area contributed by atoms with Gasteiger partial charge in [-0.15, -0.1) is 0 Å². The number of benzene rings is 1. The molecule has 2 rings (SSSR count). The van der Waals surface area contributed by atoms with Crippen LogP contribution in [0.4, 0.5) is 4.39 Å². The average Bonchev–Trinajstić information content (AvgIpc) is 2.51. The number of aliphatic hydroxyl groups excluding tert-OH is 1. The summed E-state index contributed by atoms with van der Waals surface area (Å²) in [4.78, 5) is 2.42. The third-order valence-corrected chi connectivity index (χ3v) is 3.50. The van der Waals surface area contributed by atoms with E-state index in [4.69, 9.17) is 5.11 Å². The Balaban J connectivity index is 0.000000383. The van der Waals surface area contributed by atoms with Crippen LogP contribution < -0.4 is 5.32 Å². The summed E-state index contributed by atoms with van der Waals surface area (Å²) in [7, 11) is 0. The predicted octanol–water partition coefficient (Wildman–Crippen LogP) is 2.14. The molecule has 1 aromatic rings. The zero-order valence-electron chi connectivity index (χ0n) is 13.1. The van der Waals surface area contributed by atoms with Crippen molar-refractivity contribution in [3.63, 3.8) is 0 Å². The van der Waals surface area contributed by atoms with Gasteiger partial charge in [0.1, 0.15) is 5.82 Å². The fourth-order valence-electron chi connectivity index (χ4n) is 2.12. The van der Waals surface area contributed by atoms with Crippen LogP contribution >= 0.6 is 0 Å². The van der Waals surface area contributed by atoms with Crippen molar-refractivity contribution in [2.24, 2.45) is 0 Å². The quantitative estimate of drug-likeness (QED) is 0.835. The van der Waals surface area contributed by atoms with Gasteiger partial charge in [-0.25, -0.2) is 4.39 Å². The molecule has 1 aliphatic rings. The number of hydrogen-bond donors (Lipinski definition) is 2. The summed E-state index contributed by atoms with van der Waals surface area (Å²) in [5, 5.41) is 11.3. The molecule has 0 spiro atoms. The van der Waals surface area contributed by atoms with Crippen LogP contribution in [-0.2, 0) is 6.42 Å². The summed E-state index contributed by atoms with van der Waals surface area (Å²) in [5.74, 6) is -0.0854. The second kappa shape index (κ2) is 10.5. The highest BCUT2D eigenvalue weighted by molar-refractivity contribution is 5.23. The zero-order chi connectivity index (χ0) is 15.5. The number of allylic oxidation sites excluding steroid dienone is 1. The van der Waals surface area contributed by atoms with Crippen LogP contribution in [0.5, 0.6) is 0 Å². The molecule has 118 valence electrons. The topological polar surface area (TPSA) is 35.5 Å². The molecule has 0 aromatic heterocycles. The van der Waals surface area contributed by atoms with E-state index in [-0.39, 0.29) is 12.4 Å². The molecule has 1 fully saturated rings. The Hall–Kier alpha value is -1.23. The Morgan fingerprint density at radius 3 is 2.57 bits per heavy atom. The first-order chi connectivity index (χ1) is 10.2. The average molecular weight is 294 g/mol. The maximum atomic E-state index is 13.3. The molecular weight excluding hydrogens is 267 g/mol. The van der Waals surface area contributed by atoms with Gasteiger partial charge in [0.25, 0.3) is 0 Å². The van der Waals surface area contributed by atoms with E-state index in [1.807, 2.05) is 19.1 Å². The molecule has 1 heterocycles. The minimum Gasteiger partial charge on any atom is -0.392 e. The standard InChI is InChI=1S/C13H19FN2.C4H8O/c1-11-2-3-12(10-13(11)14)4-7-16-8-5-15-6-9-16;1-2-3-4-5/h2-3,10,15H,4-9H2,1H3;2-3,5H,4H2,1H3/b;3-2+. The number of piperazine rings is 1. The van der Waals surface area contributed by atoms with E-state index in [2.05, 4.69) is 10.2 Å². The highest BCUT2D eigenvalue weighted by Gasteiger charge is 2.09. The molecule has 21 heavy (non-hydrogen) atoms. The second-order valence-electron chi connectivity index (χ2n) is 5.18. The molecule has 1 aliphatic heterocycles. The summed E-state index contributed by atoms with van der Waals surface area (Å²) in [5.41, 5.74) is 1.83. The van der Waals surface area contributed by atoms with Gasteiger partial charge in [0.05, 0.1) is 6.61 Å². The molecule has 1 aromatic carbocycles. The lowest BCUT2D eigenvalue weighted by molar-refractivity contribution is 0.244. The Bertz CT molecular complexity index is 429. The van der Waals surface area contributed by atoms with Gasteiger partial charge < -0.3 is 15.3 Å². The van der Waals surface area contributed by atoms with Gasteiger partial charge in [-0.1, -0.05) is 24.3 Å². The number of aryl methyl sites for hydroxylation is 1. The van der Waals surface area contributed by atoms with E-state index in [1.165, 1.54) is 0 Å². The lowest BCUT2D eigenvalue weighted by atomic mass is 10.1. The molecule has 0 amide bonds. The minimum absolute atomic E-state index is 0.0854. The van der Waals surface area contributed by atoms with Gasteiger partial charge >= 0.3 is 0 Å². The van der Waals surface area contributed by atoms with Crippen molar-refractivity contribution in [2.75, 3.05) is 39.3 Å². The molecule has 0 bridgehead atoms. The molecule has 0 aliphatic carbocycles. The van der Waals surface area contributed by atoms with Crippen molar-refractivity contribution < 1.29 is 9.50 Å². The van der Waals surface area contributed by atoms with Crippen LogP contribution in [0.15, 0.2) is 30.4 Å². The second-order valence-corrected chi connectivity index (χ2v) is 5.18. The SMILES string of the molecule is C/C=C/CO.Cc1ccc(CCN2CCNCC2)cc1F. The van der Waals surface area contributed by atoms with Crippen LogP contribution in [0.1, 0.15) is 18.1 Å². The Labute approximate surface area is 127 Å². The van der Waals surface area contributed by atoms with E-state index in [1.54, 1.807) is 25.1 Å². The normalized spacial score (nSPS) is 15.8. The monoisotopic (exact) mass is 294 g/mol. The van der Waals surface area contributed by atoms with Gasteiger partial charge in [0.15, 0.2) is 0 Å². The first-order valence-electron chi connectivity index (χ1n) is 7.57. The van der Waals surface area contributed by atoms with Crippen molar-refractivity contribution in [1.29, 1.82) is 0 Å². The lowest BCUT2D eigenvalue weighted by Gasteiger charge is -2.27. The Kier molecular flexibility index (Phi) is 8.90. The van der Waals surface area contributed by atoms with Crippen LogP contribution in [0.25, 0.3) is 0 Å². The zero-order valence-corrected chi connectivity index (χ0v) is 13.1. The number of nitrogens with zero attached hydrogens (tertiary/aromatic N) is 1. The number of aliphatic hydroxyl groups is 1. The molecular formula is C17H27FN2O.